The average molecular weight is 1430 g/mol. The van der Waals surface area contributed by atoms with Crippen molar-refractivity contribution in [3.63, 3.8) is 0 Å². The van der Waals surface area contributed by atoms with Crippen molar-refractivity contribution >= 4 is 76.6 Å². The molecule has 1 aromatic carbocycles. The van der Waals surface area contributed by atoms with E-state index in [1.165, 1.54) is 82.7 Å². The minimum Gasteiger partial charge on any atom is -0.376 e. The van der Waals surface area contributed by atoms with Gasteiger partial charge in [-0.3, -0.25) is 57.6 Å². The number of alkyl halides is 3. The molecule has 100 heavy (non-hydrogen) atoms. The summed E-state index contributed by atoms with van der Waals surface area (Å²) in [6, 6.07) is -4.50. The van der Waals surface area contributed by atoms with Gasteiger partial charge >= 0.3 is 6.18 Å². The van der Waals surface area contributed by atoms with Gasteiger partial charge in [-0.25, -0.2) is 0 Å². The van der Waals surface area contributed by atoms with E-state index in [9.17, 15) is 66.2 Å². The van der Waals surface area contributed by atoms with Crippen LogP contribution in [0.5, 0.6) is 0 Å². The number of piperidine rings is 1. The predicted octanol–water partition coefficient (Wildman–Crippen LogP) is 5.83. The number of halogens is 4. The molecule has 3 heterocycles. The minimum absolute atomic E-state index is 0.00790. The molecule has 8 atom stereocenters. The van der Waals surface area contributed by atoms with E-state index in [-0.39, 0.29) is 81.2 Å². The highest BCUT2D eigenvalue weighted by Crippen LogP contribution is 2.37. The molecule has 0 bridgehead atoms. The van der Waals surface area contributed by atoms with Gasteiger partial charge in [-0.1, -0.05) is 89.3 Å². The Hall–Kier alpha value is -6.61. The van der Waals surface area contributed by atoms with E-state index in [2.05, 4.69) is 16.0 Å². The van der Waals surface area contributed by atoms with Gasteiger partial charge in [0.25, 0.3) is 0 Å². The quantitative estimate of drug-likeness (QED) is 0.215. The van der Waals surface area contributed by atoms with Gasteiger partial charge in [0.2, 0.25) is 65.0 Å². The van der Waals surface area contributed by atoms with Crippen LogP contribution < -0.4 is 16.0 Å². The number of nitrogens with one attached hydrogen (secondary N) is 3. The fourth-order valence-corrected chi connectivity index (χ4v) is 15.7. The van der Waals surface area contributed by atoms with Crippen molar-refractivity contribution in [2.75, 3.05) is 95.1 Å². The molecule has 560 valence electrons. The Morgan fingerprint density at radius 2 is 1.24 bits per heavy atom. The second-order valence-corrected chi connectivity index (χ2v) is 30.1. The predicted molar refractivity (Wildman–Crippen MR) is 370 cm³/mol. The summed E-state index contributed by atoms with van der Waals surface area (Å²) in [4.78, 5) is 173. The number of hydrogen-bond donors (Lipinski definition) is 4. The summed E-state index contributed by atoms with van der Waals surface area (Å²) < 4.78 is 41.3. The lowest BCUT2D eigenvalue weighted by molar-refractivity contribution is -0.155. The number of rotatable bonds is 10. The monoisotopic (exact) mass is 1430 g/mol. The highest BCUT2D eigenvalue weighted by Gasteiger charge is 2.45. The first-order valence-corrected chi connectivity index (χ1v) is 37.0. The SMILES string of the molecule is CC(C)C[C@H]1C(=O)N[C@@H](C2CCC2)C(O)N(C)CC(=O)N(C)CC(=O)N(C)[C@@H](CC2CCCCC2)C(=O)N(C)CC(=O)N[C@@H](CCc2ccc(C(F)(F)F)c(Cl)c2)C(=O)N2CCC[C@H]2C(=O)NCCCCC(=O)N(C)[C@@H](C2CCCCC2)C(=O)N(C)[C@H](C(=O)N2CCCCC2)CC(=O)N1C. The highest BCUT2D eigenvalue weighted by atomic mass is 35.5. The van der Waals surface area contributed by atoms with Crippen molar-refractivity contribution in [3.8, 4) is 0 Å². The Morgan fingerprint density at radius 3 is 1.86 bits per heavy atom. The number of aryl methyl sites for hydroxylation is 1. The van der Waals surface area contributed by atoms with Crippen LogP contribution in [0.2, 0.25) is 5.02 Å². The number of fused-ring (bicyclic) bond motifs is 1. The molecule has 24 nitrogen and oxygen atoms in total. The maximum absolute atomic E-state index is 15.4. The van der Waals surface area contributed by atoms with Gasteiger partial charge in [0.05, 0.1) is 42.7 Å². The zero-order valence-electron chi connectivity index (χ0n) is 60.5. The Balaban J connectivity index is 1.19. The Kier molecular flexibility index (Phi) is 30.3. The molecular formula is C72H112ClF3N12O12. The van der Waals surface area contributed by atoms with Crippen LogP contribution in [0.15, 0.2) is 18.2 Å². The molecule has 11 amide bonds. The van der Waals surface area contributed by atoms with Gasteiger partial charge in [-0.05, 0) is 145 Å². The molecule has 7 rings (SSSR count). The first kappa shape index (κ1) is 80.7. The number of likely N-dealkylation sites (tertiary alicyclic amines) is 1. The van der Waals surface area contributed by atoms with E-state index in [1.807, 2.05) is 13.8 Å². The number of benzene rings is 1. The summed E-state index contributed by atoms with van der Waals surface area (Å²) >= 11 is 6.11. The molecule has 4 N–H and O–H groups in total. The molecule has 3 aliphatic heterocycles. The third kappa shape index (κ3) is 21.7. The zero-order valence-corrected chi connectivity index (χ0v) is 61.2. The number of carbonyl (C=O) groups is 11. The fraction of sp³-hybridized carbons (Fsp3) is 0.764. The summed E-state index contributed by atoms with van der Waals surface area (Å²) in [5, 5.41) is 20.3. The van der Waals surface area contributed by atoms with E-state index < -0.39 is 150 Å². The Labute approximate surface area is 593 Å². The maximum atomic E-state index is 15.4. The smallest absolute Gasteiger partial charge is 0.376 e. The number of aliphatic hydroxyl groups is 1. The molecule has 0 radical (unpaired) electrons. The number of nitrogens with zero attached hydrogens (tertiary/aromatic N) is 9. The van der Waals surface area contributed by atoms with Gasteiger partial charge in [-0.2, -0.15) is 13.2 Å². The summed E-state index contributed by atoms with van der Waals surface area (Å²) in [5.74, 6) is -6.58. The van der Waals surface area contributed by atoms with Gasteiger partial charge < -0.3 is 60.3 Å². The standard InChI is InChI=1S/C72H112ClF3N12O12/c1-46(2)39-55-66(95)79-63(49-27-21-28-49)70(99)82(5)44-61(92)80(3)45-62(93)84(7)56(41-47-23-13-10-14-24-47)68(97)81(4)43-58(89)78-53(34-32-48-31-33-51(52(73)40-48)72(74,75)76)67(96)88-38-22-29-54(88)65(94)77-35-18-17-30-59(90)86(9)64(50-25-15-11-16-26-50)71(100)85(8)57(42-60(91)83(55)6)69(98)87-36-19-12-20-37-87/h31,33,40,46-47,49-50,53-57,63-64,70,99H,10-30,32,34-39,41-45H2,1-9H3,(H,77,94)(H,78,89)(H,79,95)/t53-,54-,55-,56-,57-,63-,64-,70?/m0/s1. The van der Waals surface area contributed by atoms with Crippen molar-refractivity contribution < 1.29 is 71.0 Å². The maximum Gasteiger partial charge on any atom is 0.417 e. The minimum atomic E-state index is -4.73. The van der Waals surface area contributed by atoms with Crippen LogP contribution in [0.1, 0.15) is 185 Å². The van der Waals surface area contributed by atoms with Crippen molar-refractivity contribution in [2.24, 2.45) is 23.7 Å². The molecular weight excluding hydrogens is 1320 g/mol. The van der Waals surface area contributed by atoms with E-state index in [1.54, 1.807) is 11.9 Å². The molecule has 1 aromatic rings. The van der Waals surface area contributed by atoms with E-state index in [0.717, 1.165) is 94.1 Å². The number of carbonyl (C=O) groups excluding carboxylic acids is 11. The first-order valence-electron chi connectivity index (χ1n) is 36.6. The van der Waals surface area contributed by atoms with Gasteiger partial charge in [0.15, 0.2) is 0 Å². The van der Waals surface area contributed by atoms with E-state index in [4.69, 9.17) is 11.6 Å². The van der Waals surface area contributed by atoms with Crippen LogP contribution in [0.4, 0.5) is 13.2 Å². The van der Waals surface area contributed by atoms with Crippen molar-refractivity contribution in [1.82, 2.24) is 60.0 Å². The second kappa shape index (κ2) is 37.5. The molecule has 1 unspecified atom stereocenters. The Bertz CT molecular complexity index is 3010. The molecule has 28 heteroatoms. The highest BCUT2D eigenvalue weighted by molar-refractivity contribution is 6.31. The Morgan fingerprint density at radius 1 is 0.610 bits per heavy atom. The third-order valence-electron chi connectivity index (χ3n) is 21.9. The lowest BCUT2D eigenvalue weighted by Crippen LogP contribution is -2.61. The lowest BCUT2D eigenvalue weighted by Gasteiger charge is -2.42. The summed E-state index contributed by atoms with van der Waals surface area (Å²) in [6.07, 6.45) is 7.75. The van der Waals surface area contributed by atoms with Crippen LogP contribution >= 0.6 is 11.6 Å². The lowest BCUT2D eigenvalue weighted by atomic mass is 9.78. The van der Waals surface area contributed by atoms with Crippen LogP contribution in [-0.2, 0) is 65.3 Å². The summed E-state index contributed by atoms with van der Waals surface area (Å²) in [7, 11) is 10.4. The normalized spacial score (nSPS) is 27.6. The number of amides is 11. The van der Waals surface area contributed by atoms with Crippen LogP contribution in [0.25, 0.3) is 0 Å². The van der Waals surface area contributed by atoms with Crippen LogP contribution in [-0.4, -0.2) is 258 Å². The molecule has 6 aliphatic rings. The molecule has 6 fully saturated rings. The van der Waals surface area contributed by atoms with Gasteiger partial charge in [0.1, 0.15) is 42.5 Å². The fourth-order valence-electron chi connectivity index (χ4n) is 15.4. The number of likely N-dealkylation sites (N-methyl/N-ethyl adjacent to an activating group) is 7. The molecule has 0 spiro atoms. The van der Waals surface area contributed by atoms with Gasteiger partial charge in [0, 0.05) is 74.9 Å². The van der Waals surface area contributed by atoms with Crippen LogP contribution in [0.3, 0.4) is 0 Å². The summed E-state index contributed by atoms with van der Waals surface area (Å²) in [5.41, 5.74) is -0.717. The zero-order chi connectivity index (χ0) is 73.3. The van der Waals surface area contributed by atoms with E-state index in [0.29, 0.717) is 63.6 Å². The molecule has 3 saturated carbocycles. The second-order valence-electron chi connectivity index (χ2n) is 29.7. The van der Waals surface area contributed by atoms with E-state index >= 15 is 4.79 Å². The molecule has 3 saturated heterocycles. The van der Waals surface area contributed by atoms with Gasteiger partial charge in [-0.15, -0.1) is 0 Å². The average Bonchev–Trinajstić information content (AvgIpc) is 1.68. The number of aliphatic hydroxyl groups excluding tert-OH is 1. The van der Waals surface area contributed by atoms with Crippen molar-refractivity contribution in [1.29, 1.82) is 0 Å². The number of hydrogen-bond acceptors (Lipinski definition) is 13. The van der Waals surface area contributed by atoms with Crippen LogP contribution in [0, 0.1) is 23.7 Å². The first-order chi connectivity index (χ1) is 47.4. The molecule has 3 aliphatic carbocycles. The van der Waals surface area contributed by atoms with Crippen molar-refractivity contribution in [3.05, 3.63) is 34.3 Å². The molecule has 0 aromatic heterocycles. The van der Waals surface area contributed by atoms with Crippen molar-refractivity contribution in [2.45, 2.75) is 235 Å². The third-order valence-corrected chi connectivity index (χ3v) is 22.2. The summed E-state index contributed by atoms with van der Waals surface area (Å²) in [6.45, 7) is 3.43. The largest absolute Gasteiger partial charge is 0.417 e. The topological polar surface area (TPSA) is 273 Å².